The van der Waals surface area contributed by atoms with Gasteiger partial charge in [-0.15, -0.1) is 4.89 Å². The molecule has 5 nitrogen and oxygen atoms in total. The van der Waals surface area contributed by atoms with Crippen LogP contribution in [0.3, 0.4) is 0 Å². The quantitative estimate of drug-likeness (QED) is 0.210. The monoisotopic (exact) mass is 324 g/mol. The second-order valence-electron chi connectivity index (χ2n) is 2.51. The third-order valence-electron chi connectivity index (χ3n) is 1.08. The molecule has 0 aromatic carbocycles. The zero-order valence-electron chi connectivity index (χ0n) is 8.39. The SMILES string of the molecule is O=C(F)C(F)(F)C(F)(F)F.O=CCC(F)(Cl)OOO. The normalized spacial score (nSPS) is 15.0. The van der Waals surface area contributed by atoms with Crippen LogP contribution in [-0.4, -0.2) is 35.0 Å². The molecule has 0 saturated carbocycles. The van der Waals surface area contributed by atoms with Gasteiger partial charge in [-0.3, -0.25) is 4.79 Å². The summed E-state index contributed by atoms with van der Waals surface area (Å²) in [7, 11) is 0. The van der Waals surface area contributed by atoms with E-state index < -0.39 is 29.9 Å². The molecule has 0 aliphatic heterocycles. The van der Waals surface area contributed by atoms with E-state index in [0.29, 0.717) is 0 Å². The van der Waals surface area contributed by atoms with Crippen LogP contribution in [0.4, 0.5) is 30.7 Å². The smallest absolute Gasteiger partial charge is 0.303 e. The van der Waals surface area contributed by atoms with Gasteiger partial charge in [-0.2, -0.15) is 30.7 Å². The van der Waals surface area contributed by atoms with Crippen LogP contribution in [0.1, 0.15) is 6.42 Å². The van der Waals surface area contributed by atoms with Gasteiger partial charge in [-0.05, 0) is 11.6 Å². The molecule has 0 bridgehead atoms. The molecule has 1 N–H and O–H groups in total. The molecule has 0 saturated heterocycles. The van der Waals surface area contributed by atoms with E-state index in [0.717, 1.165) is 0 Å². The third kappa shape index (κ3) is 7.92. The summed E-state index contributed by atoms with van der Waals surface area (Å²) in [5, 5.41) is 7.59. The highest BCUT2D eigenvalue weighted by Gasteiger charge is 2.64. The second-order valence-corrected chi connectivity index (χ2v) is 3.08. The zero-order chi connectivity index (χ0) is 15.9. The minimum atomic E-state index is -6.14. The molecule has 1 atom stereocenters. The molecule has 0 heterocycles. The molecule has 0 aliphatic carbocycles. The summed E-state index contributed by atoms with van der Waals surface area (Å²) in [4.78, 5) is 21.9. The van der Waals surface area contributed by atoms with Crippen molar-refractivity contribution < 1.29 is 55.5 Å². The maximum Gasteiger partial charge on any atom is 0.464 e. The van der Waals surface area contributed by atoms with Gasteiger partial charge < -0.3 is 4.79 Å². The van der Waals surface area contributed by atoms with Crippen LogP contribution in [0.15, 0.2) is 0 Å². The molecule has 13 heteroatoms. The maximum atomic E-state index is 12.1. The number of aldehydes is 1. The van der Waals surface area contributed by atoms with Crippen molar-refractivity contribution in [3.8, 4) is 0 Å². The Kier molecular flexibility index (Phi) is 8.10. The van der Waals surface area contributed by atoms with E-state index in [4.69, 9.17) is 21.7 Å². The first kappa shape index (κ1) is 20.3. The Morgan fingerprint density at radius 1 is 1.21 bits per heavy atom. The van der Waals surface area contributed by atoms with Crippen molar-refractivity contribution in [2.45, 2.75) is 23.8 Å². The first-order valence-electron chi connectivity index (χ1n) is 3.77. The van der Waals surface area contributed by atoms with Crippen molar-refractivity contribution in [2.24, 2.45) is 0 Å². The Hall–Kier alpha value is -0.980. The molecule has 0 aromatic rings. The van der Waals surface area contributed by atoms with E-state index in [-0.39, 0.29) is 6.29 Å². The fraction of sp³-hybridized carbons (Fsp3) is 0.667. The third-order valence-corrected chi connectivity index (χ3v) is 1.30. The molecule has 0 aliphatic rings. The standard InChI is InChI=1S/C3H4ClFO4.C3F6O/c4-3(5,1-2-6)8-9-7;4-1(10)2(5,6)3(7,8)9/h2,7H,1H2;. The second kappa shape index (κ2) is 7.57. The number of alkyl halides is 7. The van der Waals surface area contributed by atoms with Gasteiger partial charge in [-0.1, -0.05) is 5.04 Å². The van der Waals surface area contributed by atoms with Crippen molar-refractivity contribution >= 4 is 23.9 Å². The fourth-order valence-electron chi connectivity index (χ4n) is 0.297. The van der Waals surface area contributed by atoms with Crippen LogP contribution in [0.2, 0.25) is 0 Å². The van der Waals surface area contributed by atoms with Crippen LogP contribution < -0.4 is 0 Å². The average molecular weight is 325 g/mol. The van der Waals surface area contributed by atoms with E-state index in [1.807, 2.05) is 0 Å². The van der Waals surface area contributed by atoms with Crippen LogP contribution in [0.25, 0.3) is 0 Å². The average Bonchev–Trinajstić information content (AvgIpc) is 2.15. The molecule has 114 valence electrons. The first-order valence-corrected chi connectivity index (χ1v) is 4.14. The van der Waals surface area contributed by atoms with E-state index in [9.17, 15) is 35.5 Å². The summed E-state index contributed by atoms with van der Waals surface area (Å²) in [5.74, 6) is -5.87. The molecule has 0 fully saturated rings. The molecule has 0 rings (SSSR count). The largest absolute Gasteiger partial charge is 0.464 e. The Morgan fingerprint density at radius 3 is 1.79 bits per heavy atom. The van der Waals surface area contributed by atoms with Crippen molar-refractivity contribution in [3.05, 3.63) is 0 Å². The lowest BCUT2D eigenvalue weighted by Gasteiger charge is -2.12. The summed E-state index contributed by atoms with van der Waals surface area (Å²) in [6, 6.07) is -3.69. The van der Waals surface area contributed by atoms with E-state index in [2.05, 4.69) is 9.93 Å². The van der Waals surface area contributed by atoms with E-state index in [1.165, 1.54) is 0 Å². The Labute approximate surface area is 104 Å². The lowest BCUT2D eigenvalue weighted by atomic mass is 10.3. The highest BCUT2D eigenvalue weighted by atomic mass is 35.5. The Bertz CT molecular complexity index is 305. The predicted octanol–water partition coefficient (Wildman–Crippen LogP) is 2.54. The minimum absolute atomic E-state index is 0.187. The van der Waals surface area contributed by atoms with Crippen molar-refractivity contribution in [1.29, 1.82) is 0 Å². The van der Waals surface area contributed by atoms with Gasteiger partial charge in [0.25, 0.3) is 0 Å². The summed E-state index contributed by atoms with van der Waals surface area (Å²) in [5.41, 5.74) is 0. The van der Waals surface area contributed by atoms with Crippen LogP contribution in [0, 0.1) is 0 Å². The molecule has 19 heavy (non-hydrogen) atoms. The number of carbonyl (C=O) groups excluding carboxylic acids is 2. The van der Waals surface area contributed by atoms with Gasteiger partial charge in [0.15, 0.2) is 0 Å². The van der Waals surface area contributed by atoms with Gasteiger partial charge >= 0.3 is 23.4 Å². The Balaban J connectivity index is 0. The Morgan fingerprint density at radius 2 is 1.63 bits per heavy atom. The van der Waals surface area contributed by atoms with Crippen molar-refractivity contribution in [3.63, 3.8) is 0 Å². The number of hydrogen-bond acceptors (Lipinski definition) is 5. The summed E-state index contributed by atoms with van der Waals surface area (Å²) in [6.07, 6.45) is -6.67. The molecule has 0 amide bonds. The van der Waals surface area contributed by atoms with Crippen LogP contribution >= 0.6 is 11.6 Å². The molecular formula is C6H4ClF7O5. The van der Waals surface area contributed by atoms with Crippen LogP contribution in [0.5, 0.6) is 0 Å². The number of carbonyl (C=O) groups is 2. The van der Waals surface area contributed by atoms with E-state index in [1.54, 1.807) is 0 Å². The molecule has 0 aromatic heterocycles. The lowest BCUT2D eigenvalue weighted by Crippen LogP contribution is -2.41. The van der Waals surface area contributed by atoms with Crippen molar-refractivity contribution in [2.75, 3.05) is 0 Å². The summed E-state index contributed by atoms with van der Waals surface area (Å²) >= 11 is 4.73. The summed E-state index contributed by atoms with van der Waals surface area (Å²) < 4.78 is 78.0. The van der Waals surface area contributed by atoms with E-state index >= 15 is 0 Å². The predicted molar refractivity (Wildman–Crippen MR) is 42.3 cm³/mol. The molecule has 1 unspecified atom stereocenters. The fourth-order valence-corrected chi connectivity index (χ4v) is 0.388. The number of rotatable bonds is 5. The minimum Gasteiger partial charge on any atom is -0.303 e. The van der Waals surface area contributed by atoms with Crippen molar-refractivity contribution in [1.82, 2.24) is 0 Å². The number of hydrogen-bond donors (Lipinski definition) is 1. The molecular weight excluding hydrogens is 320 g/mol. The highest BCUT2D eigenvalue weighted by molar-refractivity contribution is 6.22. The van der Waals surface area contributed by atoms with Gasteiger partial charge in [0.1, 0.15) is 6.29 Å². The zero-order valence-corrected chi connectivity index (χ0v) is 9.14. The van der Waals surface area contributed by atoms with Crippen LogP contribution in [-0.2, 0) is 19.5 Å². The molecule has 0 radical (unpaired) electrons. The topological polar surface area (TPSA) is 72.8 Å². The first-order chi connectivity index (χ1) is 8.31. The molecule has 0 spiro atoms. The maximum absolute atomic E-state index is 12.1. The van der Waals surface area contributed by atoms with Gasteiger partial charge in [0.2, 0.25) is 0 Å². The lowest BCUT2D eigenvalue weighted by molar-refractivity contribution is -0.527. The highest BCUT2D eigenvalue weighted by Crippen LogP contribution is 2.36. The van der Waals surface area contributed by atoms with Gasteiger partial charge in [0, 0.05) is 0 Å². The summed E-state index contributed by atoms with van der Waals surface area (Å²) in [6.45, 7) is 0. The number of halogens is 8. The van der Waals surface area contributed by atoms with Gasteiger partial charge in [0.05, 0.1) is 6.42 Å². The van der Waals surface area contributed by atoms with Gasteiger partial charge in [-0.25, -0.2) is 5.26 Å².